The minimum atomic E-state index is 0.372. The second-order valence-corrected chi connectivity index (χ2v) is 5.26. The molecule has 1 aliphatic heterocycles. The molecular weight excluding hydrogens is 212 g/mol. The maximum atomic E-state index is 9.24. The summed E-state index contributed by atoms with van der Waals surface area (Å²) in [6.07, 6.45) is 4.82. The second kappa shape index (κ2) is 8.90. The summed E-state index contributed by atoms with van der Waals surface area (Å²) in [7, 11) is 0. The van der Waals surface area contributed by atoms with Crippen molar-refractivity contribution in [3.05, 3.63) is 0 Å². The number of hydrogen-bond donors (Lipinski definition) is 1. The van der Waals surface area contributed by atoms with Crippen LogP contribution in [0.2, 0.25) is 0 Å². The smallest absolute Gasteiger partial charge is 0.0459 e. The fraction of sp³-hybridized carbons (Fsp3) is 1.00. The maximum Gasteiger partial charge on any atom is 0.0459 e. The number of rotatable bonds is 8. The second-order valence-electron chi connectivity index (χ2n) is 5.26. The van der Waals surface area contributed by atoms with Crippen LogP contribution in [0.5, 0.6) is 0 Å². The van der Waals surface area contributed by atoms with Crippen LogP contribution < -0.4 is 0 Å². The predicted octanol–water partition coefficient (Wildman–Crippen LogP) is 1.81. The van der Waals surface area contributed by atoms with Gasteiger partial charge in [-0.05, 0) is 38.3 Å². The van der Waals surface area contributed by atoms with Gasteiger partial charge in [0.1, 0.15) is 0 Å². The molecule has 1 fully saturated rings. The largest absolute Gasteiger partial charge is 0.396 e. The van der Waals surface area contributed by atoms with Crippen molar-refractivity contribution in [2.45, 2.75) is 39.5 Å². The Morgan fingerprint density at radius 3 is 2.18 bits per heavy atom. The molecule has 0 spiro atoms. The summed E-state index contributed by atoms with van der Waals surface area (Å²) < 4.78 is 0. The molecule has 1 heterocycles. The molecule has 0 aromatic rings. The number of piperazine rings is 1. The number of aliphatic hydroxyl groups is 1. The first-order valence-corrected chi connectivity index (χ1v) is 7.35. The van der Waals surface area contributed by atoms with Crippen molar-refractivity contribution in [1.29, 1.82) is 0 Å². The molecule has 102 valence electrons. The van der Waals surface area contributed by atoms with Gasteiger partial charge in [0.25, 0.3) is 0 Å². The SMILES string of the molecule is CCC[C@@H](CO)CCCN1CCN(CC)CC1. The van der Waals surface area contributed by atoms with Crippen molar-refractivity contribution in [2.24, 2.45) is 5.92 Å². The lowest BCUT2D eigenvalue weighted by molar-refractivity contribution is 0.130. The van der Waals surface area contributed by atoms with Crippen LogP contribution in [0.15, 0.2) is 0 Å². The van der Waals surface area contributed by atoms with Crippen LogP contribution >= 0.6 is 0 Å². The van der Waals surface area contributed by atoms with Gasteiger partial charge in [0.05, 0.1) is 0 Å². The third-order valence-electron chi connectivity index (χ3n) is 3.95. The molecule has 1 aliphatic rings. The van der Waals surface area contributed by atoms with E-state index in [1.165, 1.54) is 65.0 Å². The van der Waals surface area contributed by atoms with Crippen LogP contribution in [-0.4, -0.2) is 60.8 Å². The van der Waals surface area contributed by atoms with Gasteiger partial charge in [-0.1, -0.05) is 20.3 Å². The molecule has 0 aliphatic carbocycles. The summed E-state index contributed by atoms with van der Waals surface area (Å²) in [4.78, 5) is 5.09. The van der Waals surface area contributed by atoms with Gasteiger partial charge in [0.2, 0.25) is 0 Å². The van der Waals surface area contributed by atoms with E-state index in [0.717, 1.165) is 0 Å². The number of hydrogen-bond acceptors (Lipinski definition) is 3. The van der Waals surface area contributed by atoms with Crippen LogP contribution in [0, 0.1) is 5.92 Å². The Balaban J connectivity index is 2.06. The van der Waals surface area contributed by atoms with Gasteiger partial charge in [0, 0.05) is 32.8 Å². The van der Waals surface area contributed by atoms with Crippen LogP contribution in [0.3, 0.4) is 0 Å². The molecule has 1 saturated heterocycles. The third kappa shape index (κ3) is 5.84. The minimum absolute atomic E-state index is 0.372. The lowest BCUT2D eigenvalue weighted by atomic mass is 9.99. The highest BCUT2D eigenvalue weighted by molar-refractivity contribution is 4.71. The average molecular weight is 242 g/mol. The highest BCUT2D eigenvalue weighted by Crippen LogP contribution is 2.13. The van der Waals surface area contributed by atoms with E-state index in [4.69, 9.17) is 0 Å². The van der Waals surface area contributed by atoms with Gasteiger partial charge in [0.15, 0.2) is 0 Å². The average Bonchev–Trinajstić information content (AvgIpc) is 2.38. The first-order chi connectivity index (χ1) is 8.30. The molecule has 1 N–H and O–H groups in total. The third-order valence-corrected chi connectivity index (χ3v) is 3.95. The van der Waals surface area contributed by atoms with Gasteiger partial charge < -0.3 is 14.9 Å². The first kappa shape index (κ1) is 14.9. The Labute approximate surface area is 107 Å². The van der Waals surface area contributed by atoms with E-state index >= 15 is 0 Å². The van der Waals surface area contributed by atoms with Crippen LogP contribution in [0.1, 0.15) is 39.5 Å². The molecule has 0 aromatic heterocycles. The van der Waals surface area contributed by atoms with E-state index in [1.807, 2.05) is 0 Å². The predicted molar refractivity (Wildman–Crippen MR) is 73.3 cm³/mol. The number of likely N-dealkylation sites (N-methyl/N-ethyl adjacent to an activating group) is 1. The van der Waals surface area contributed by atoms with E-state index in [-0.39, 0.29) is 0 Å². The molecule has 0 radical (unpaired) electrons. The van der Waals surface area contributed by atoms with E-state index in [0.29, 0.717) is 12.5 Å². The normalized spacial score (nSPS) is 20.6. The maximum absolute atomic E-state index is 9.24. The zero-order valence-electron chi connectivity index (χ0n) is 11.7. The monoisotopic (exact) mass is 242 g/mol. The van der Waals surface area contributed by atoms with Gasteiger partial charge >= 0.3 is 0 Å². The Morgan fingerprint density at radius 1 is 1.00 bits per heavy atom. The zero-order valence-corrected chi connectivity index (χ0v) is 11.7. The first-order valence-electron chi connectivity index (χ1n) is 7.35. The van der Waals surface area contributed by atoms with E-state index in [2.05, 4.69) is 23.6 Å². The number of nitrogens with zero attached hydrogens (tertiary/aromatic N) is 2. The van der Waals surface area contributed by atoms with Crippen LogP contribution in [0.25, 0.3) is 0 Å². The summed E-state index contributed by atoms with van der Waals surface area (Å²) in [6.45, 7) is 12.1. The van der Waals surface area contributed by atoms with Gasteiger partial charge in [-0.3, -0.25) is 0 Å². The van der Waals surface area contributed by atoms with E-state index in [9.17, 15) is 5.11 Å². The lowest BCUT2D eigenvalue weighted by Crippen LogP contribution is -2.46. The summed E-state index contributed by atoms with van der Waals surface area (Å²) in [6, 6.07) is 0. The van der Waals surface area contributed by atoms with Gasteiger partial charge in [-0.2, -0.15) is 0 Å². The van der Waals surface area contributed by atoms with E-state index in [1.54, 1.807) is 0 Å². The standard InChI is InChI=1S/C14H30N2O/c1-3-6-14(13-17)7-5-8-16-11-9-15(4-2)10-12-16/h14,17H,3-13H2,1-2H3/t14-/m1/s1. The lowest BCUT2D eigenvalue weighted by Gasteiger charge is -2.34. The van der Waals surface area contributed by atoms with Crippen molar-refractivity contribution in [1.82, 2.24) is 9.80 Å². The molecule has 3 nitrogen and oxygen atoms in total. The molecular formula is C14H30N2O. The summed E-state index contributed by atoms with van der Waals surface area (Å²) in [5.74, 6) is 0.539. The summed E-state index contributed by atoms with van der Waals surface area (Å²) >= 11 is 0. The molecule has 0 amide bonds. The molecule has 0 unspecified atom stereocenters. The Bertz CT molecular complexity index is 179. The molecule has 3 heteroatoms. The summed E-state index contributed by atoms with van der Waals surface area (Å²) in [5.41, 5.74) is 0. The molecule has 0 bridgehead atoms. The van der Waals surface area contributed by atoms with E-state index < -0.39 is 0 Å². The Kier molecular flexibility index (Phi) is 7.82. The van der Waals surface area contributed by atoms with Crippen molar-refractivity contribution < 1.29 is 5.11 Å². The fourth-order valence-electron chi connectivity index (χ4n) is 2.67. The Hall–Kier alpha value is -0.120. The molecule has 0 saturated carbocycles. The van der Waals surface area contributed by atoms with Gasteiger partial charge in [-0.15, -0.1) is 0 Å². The van der Waals surface area contributed by atoms with Crippen LogP contribution in [0.4, 0.5) is 0 Å². The highest BCUT2D eigenvalue weighted by Gasteiger charge is 2.15. The van der Waals surface area contributed by atoms with Crippen LogP contribution in [-0.2, 0) is 0 Å². The number of aliphatic hydroxyl groups excluding tert-OH is 1. The molecule has 1 rings (SSSR count). The Morgan fingerprint density at radius 2 is 1.65 bits per heavy atom. The fourth-order valence-corrected chi connectivity index (χ4v) is 2.67. The van der Waals surface area contributed by atoms with Crippen molar-refractivity contribution in [3.8, 4) is 0 Å². The molecule has 0 aromatic carbocycles. The van der Waals surface area contributed by atoms with Gasteiger partial charge in [-0.25, -0.2) is 0 Å². The zero-order chi connectivity index (χ0) is 12.5. The highest BCUT2D eigenvalue weighted by atomic mass is 16.3. The minimum Gasteiger partial charge on any atom is -0.396 e. The van der Waals surface area contributed by atoms with Crippen molar-refractivity contribution in [2.75, 3.05) is 45.9 Å². The van der Waals surface area contributed by atoms with Crippen molar-refractivity contribution in [3.63, 3.8) is 0 Å². The quantitative estimate of drug-likeness (QED) is 0.703. The molecule has 1 atom stereocenters. The molecule has 17 heavy (non-hydrogen) atoms. The topological polar surface area (TPSA) is 26.7 Å². The van der Waals surface area contributed by atoms with Crippen molar-refractivity contribution >= 4 is 0 Å². The summed E-state index contributed by atoms with van der Waals surface area (Å²) in [5, 5.41) is 9.24.